The molecule has 0 unspecified atom stereocenters. The summed E-state index contributed by atoms with van der Waals surface area (Å²) in [7, 11) is 0. The molecular formula is C18H13F3. The second-order valence-corrected chi connectivity index (χ2v) is 4.39. The summed E-state index contributed by atoms with van der Waals surface area (Å²) in [6, 6.07) is 14.7. The van der Waals surface area contributed by atoms with Crippen molar-refractivity contribution < 1.29 is 13.2 Å². The van der Waals surface area contributed by atoms with Crippen molar-refractivity contribution in [2.75, 3.05) is 0 Å². The van der Waals surface area contributed by atoms with Crippen LogP contribution in [0.4, 0.5) is 13.2 Å². The van der Waals surface area contributed by atoms with E-state index in [0.29, 0.717) is 12.0 Å². The summed E-state index contributed by atoms with van der Waals surface area (Å²) in [6.45, 7) is 0. The van der Waals surface area contributed by atoms with Crippen molar-refractivity contribution in [1.29, 1.82) is 0 Å². The van der Waals surface area contributed by atoms with Crippen molar-refractivity contribution in [3.63, 3.8) is 0 Å². The van der Waals surface area contributed by atoms with Crippen LogP contribution in [0.3, 0.4) is 0 Å². The van der Waals surface area contributed by atoms with E-state index in [9.17, 15) is 13.2 Å². The summed E-state index contributed by atoms with van der Waals surface area (Å²) in [4.78, 5) is 0. The van der Waals surface area contributed by atoms with Crippen LogP contribution >= 0.6 is 0 Å². The molecule has 0 radical (unpaired) electrons. The van der Waals surface area contributed by atoms with Crippen LogP contribution in [0.2, 0.25) is 0 Å². The predicted octanol–water partition coefficient (Wildman–Crippen LogP) is 5.16. The Hall–Kier alpha value is -2.47. The van der Waals surface area contributed by atoms with Gasteiger partial charge in [0.25, 0.3) is 0 Å². The SMILES string of the molecule is FC(F)(F)c1ccc(C#CC/C=C/c2ccccc2)cc1. The molecule has 0 saturated carbocycles. The lowest BCUT2D eigenvalue weighted by molar-refractivity contribution is -0.137. The molecule has 0 heterocycles. The normalized spacial score (nSPS) is 11.2. The van der Waals surface area contributed by atoms with Gasteiger partial charge in [-0.1, -0.05) is 54.3 Å². The van der Waals surface area contributed by atoms with Crippen LogP contribution in [-0.2, 0) is 6.18 Å². The Morgan fingerprint density at radius 1 is 0.905 bits per heavy atom. The Morgan fingerprint density at radius 3 is 2.19 bits per heavy atom. The molecule has 0 aliphatic carbocycles. The summed E-state index contributed by atoms with van der Waals surface area (Å²) < 4.78 is 37.2. The van der Waals surface area contributed by atoms with Crippen LogP contribution in [0.25, 0.3) is 6.08 Å². The predicted molar refractivity (Wildman–Crippen MR) is 78.4 cm³/mol. The molecular weight excluding hydrogens is 273 g/mol. The first-order chi connectivity index (χ1) is 10.1. The number of benzene rings is 2. The van der Waals surface area contributed by atoms with Gasteiger partial charge < -0.3 is 0 Å². The fourth-order valence-electron chi connectivity index (χ4n) is 1.71. The van der Waals surface area contributed by atoms with Crippen molar-refractivity contribution in [3.8, 4) is 11.8 Å². The highest BCUT2D eigenvalue weighted by molar-refractivity contribution is 5.49. The van der Waals surface area contributed by atoms with Crippen LogP contribution < -0.4 is 0 Å². The van der Waals surface area contributed by atoms with E-state index in [1.165, 1.54) is 12.1 Å². The van der Waals surface area contributed by atoms with Crippen LogP contribution in [0.1, 0.15) is 23.1 Å². The van der Waals surface area contributed by atoms with Crippen molar-refractivity contribution in [3.05, 3.63) is 77.4 Å². The summed E-state index contributed by atoms with van der Waals surface area (Å²) in [6.07, 6.45) is 0.133. The molecule has 21 heavy (non-hydrogen) atoms. The molecule has 0 saturated heterocycles. The van der Waals surface area contributed by atoms with Gasteiger partial charge in [0, 0.05) is 12.0 Å². The summed E-state index contributed by atoms with van der Waals surface area (Å²) in [5.41, 5.74) is 1.02. The number of allylic oxidation sites excluding steroid dienone is 1. The zero-order valence-electron chi connectivity index (χ0n) is 11.2. The van der Waals surface area contributed by atoms with Gasteiger partial charge in [0.15, 0.2) is 0 Å². The van der Waals surface area contributed by atoms with E-state index >= 15 is 0 Å². The Bertz CT molecular complexity index is 654. The minimum Gasteiger partial charge on any atom is -0.166 e. The zero-order valence-corrected chi connectivity index (χ0v) is 11.2. The lowest BCUT2D eigenvalue weighted by Gasteiger charge is -2.05. The molecule has 0 spiro atoms. The third kappa shape index (κ3) is 4.85. The van der Waals surface area contributed by atoms with Gasteiger partial charge in [0.2, 0.25) is 0 Å². The maximum Gasteiger partial charge on any atom is 0.416 e. The molecule has 0 N–H and O–H groups in total. The van der Waals surface area contributed by atoms with E-state index in [-0.39, 0.29) is 0 Å². The van der Waals surface area contributed by atoms with E-state index < -0.39 is 11.7 Å². The lowest BCUT2D eigenvalue weighted by atomic mass is 10.1. The number of hydrogen-bond acceptors (Lipinski definition) is 0. The third-order valence-electron chi connectivity index (χ3n) is 2.77. The Labute approximate surface area is 121 Å². The Morgan fingerprint density at radius 2 is 1.57 bits per heavy atom. The number of hydrogen-bond donors (Lipinski definition) is 0. The van der Waals surface area contributed by atoms with Gasteiger partial charge in [0.05, 0.1) is 5.56 Å². The molecule has 0 bridgehead atoms. The first-order valence-electron chi connectivity index (χ1n) is 6.43. The van der Waals surface area contributed by atoms with E-state index in [1.807, 2.05) is 42.5 Å². The molecule has 0 aliphatic heterocycles. The Kier molecular flexibility index (Phi) is 4.84. The second kappa shape index (κ2) is 6.81. The molecule has 0 aromatic heterocycles. The quantitative estimate of drug-likeness (QED) is 0.669. The highest BCUT2D eigenvalue weighted by Gasteiger charge is 2.29. The smallest absolute Gasteiger partial charge is 0.166 e. The van der Waals surface area contributed by atoms with Crippen LogP contribution in [0.5, 0.6) is 0 Å². The monoisotopic (exact) mass is 286 g/mol. The summed E-state index contributed by atoms with van der Waals surface area (Å²) in [5, 5.41) is 0. The van der Waals surface area contributed by atoms with Crippen molar-refractivity contribution in [2.45, 2.75) is 12.6 Å². The standard InChI is InChI=1S/C18H13F3/c19-18(20,21)17-13-11-16(12-14-17)10-6-2-5-9-15-7-3-1-4-8-15/h1,3-5,7-9,11-14H,2H2/b9-5+. The van der Waals surface area contributed by atoms with E-state index in [4.69, 9.17) is 0 Å². The number of halogens is 3. The molecule has 2 rings (SSSR count). The van der Waals surface area contributed by atoms with Gasteiger partial charge in [0.1, 0.15) is 0 Å². The first kappa shape index (κ1) is 14.9. The van der Waals surface area contributed by atoms with E-state index in [0.717, 1.165) is 17.7 Å². The summed E-state index contributed by atoms with van der Waals surface area (Å²) >= 11 is 0. The minimum absolute atomic E-state index is 0.552. The largest absolute Gasteiger partial charge is 0.416 e. The van der Waals surface area contributed by atoms with Crippen LogP contribution in [0.15, 0.2) is 60.7 Å². The minimum atomic E-state index is -4.30. The van der Waals surface area contributed by atoms with Gasteiger partial charge in [-0.3, -0.25) is 0 Å². The van der Waals surface area contributed by atoms with E-state index in [1.54, 1.807) is 0 Å². The maximum atomic E-state index is 12.4. The van der Waals surface area contributed by atoms with Gasteiger partial charge in [-0.25, -0.2) is 0 Å². The number of alkyl halides is 3. The van der Waals surface area contributed by atoms with Gasteiger partial charge >= 0.3 is 6.18 Å². The highest BCUT2D eigenvalue weighted by atomic mass is 19.4. The van der Waals surface area contributed by atoms with Crippen molar-refractivity contribution >= 4 is 6.08 Å². The van der Waals surface area contributed by atoms with Crippen LogP contribution in [0, 0.1) is 11.8 Å². The zero-order chi connectivity index (χ0) is 15.1. The lowest BCUT2D eigenvalue weighted by Crippen LogP contribution is -2.04. The van der Waals surface area contributed by atoms with Crippen molar-refractivity contribution in [1.82, 2.24) is 0 Å². The third-order valence-corrected chi connectivity index (χ3v) is 2.77. The summed E-state index contributed by atoms with van der Waals surface area (Å²) in [5.74, 6) is 5.75. The van der Waals surface area contributed by atoms with Gasteiger partial charge in [-0.15, -0.1) is 0 Å². The van der Waals surface area contributed by atoms with E-state index in [2.05, 4.69) is 11.8 Å². The topological polar surface area (TPSA) is 0 Å². The molecule has 106 valence electrons. The van der Waals surface area contributed by atoms with Gasteiger partial charge in [-0.2, -0.15) is 13.2 Å². The second-order valence-electron chi connectivity index (χ2n) is 4.39. The Balaban J connectivity index is 1.93. The van der Waals surface area contributed by atoms with Gasteiger partial charge in [-0.05, 0) is 29.8 Å². The molecule has 0 aliphatic rings. The van der Waals surface area contributed by atoms with Crippen LogP contribution in [-0.4, -0.2) is 0 Å². The fraction of sp³-hybridized carbons (Fsp3) is 0.111. The average Bonchev–Trinajstić information content (AvgIpc) is 2.47. The molecule has 2 aromatic rings. The highest BCUT2D eigenvalue weighted by Crippen LogP contribution is 2.28. The fourth-order valence-corrected chi connectivity index (χ4v) is 1.71. The first-order valence-corrected chi connectivity index (χ1v) is 6.43. The molecule has 3 heteroatoms. The maximum absolute atomic E-state index is 12.4. The molecule has 0 fully saturated rings. The number of rotatable bonds is 2. The molecule has 0 amide bonds. The molecule has 2 aromatic carbocycles. The molecule has 0 nitrogen and oxygen atoms in total. The molecule has 0 atom stereocenters. The van der Waals surface area contributed by atoms with Crippen molar-refractivity contribution in [2.24, 2.45) is 0 Å². The average molecular weight is 286 g/mol.